The maximum Gasteiger partial charge on any atom is 0.164 e. The first kappa shape index (κ1) is 9.83. The van der Waals surface area contributed by atoms with Crippen LogP contribution >= 0.6 is 0 Å². The van der Waals surface area contributed by atoms with Crippen molar-refractivity contribution in [1.29, 1.82) is 0 Å². The molecule has 0 aromatic carbocycles. The molecular formula is C8H14N4O. The number of nitrogens with zero attached hydrogens (tertiary/aromatic N) is 4. The fourth-order valence-corrected chi connectivity index (χ4v) is 1.23. The van der Waals surface area contributed by atoms with Gasteiger partial charge in [-0.1, -0.05) is 13.8 Å². The highest BCUT2D eigenvalue weighted by Crippen LogP contribution is 2.17. The molecule has 0 aliphatic heterocycles. The second kappa shape index (κ2) is 3.24. The van der Waals surface area contributed by atoms with Gasteiger partial charge in [-0.25, -0.2) is 0 Å². The van der Waals surface area contributed by atoms with Crippen LogP contribution in [0.2, 0.25) is 0 Å². The summed E-state index contributed by atoms with van der Waals surface area (Å²) in [4.78, 5) is 13.1. The summed E-state index contributed by atoms with van der Waals surface area (Å²) in [5.74, 6) is 0.0755. The van der Waals surface area contributed by atoms with Gasteiger partial charge in [0, 0.05) is 5.92 Å². The molecule has 1 rings (SSSR count). The van der Waals surface area contributed by atoms with E-state index in [0.717, 1.165) is 0 Å². The van der Waals surface area contributed by atoms with E-state index in [1.807, 2.05) is 13.8 Å². The highest BCUT2D eigenvalue weighted by molar-refractivity contribution is 5.87. The SMILES string of the molecule is CC(C)C(=O)C(C)(C)n1ncnn1. The van der Waals surface area contributed by atoms with E-state index >= 15 is 0 Å². The van der Waals surface area contributed by atoms with Gasteiger partial charge >= 0.3 is 0 Å². The van der Waals surface area contributed by atoms with Crippen molar-refractivity contribution < 1.29 is 4.79 Å². The van der Waals surface area contributed by atoms with Gasteiger partial charge in [0.15, 0.2) is 12.1 Å². The van der Waals surface area contributed by atoms with Crippen LogP contribution in [-0.2, 0) is 10.3 Å². The van der Waals surface area contributed by atoms with E-state index < -0.39 is 5.54 Å². The molecular weight excluding hydrogens is 168 g/mol. The topological polar surface area (TPSA) is 60.7 Å². The Labute approximate surface area is 77.1 Å². The van der Waals surface area contributed by atoms with Crippen molar-refractivity contribution in [2.45, 2.75) is 33.2 Å². The molecule has 0 saturated carbocycles. The number of tetrazole rings is 1. The van der Waals surface area contributed by atoms with Crippen LogP contribution in [0.4, 0.5) is 0 Å². The van der Waals surface area contributed by atoms with E-state index in [9.17, 15) is 4.79 Å². The van der Waals surface area contributed by atoms with Gasteiger partial charge in [0.05, 0.1) is 0 Å². The fraction of sp³-hybridized carbons (Fsp3) is 0.750. The van der Waals surface area contributed by atoms with Crippen molar-refractivity contribution in [2.24, 2.45) is 5.92 Å². The highest BCUT2D eigenvalue weighted by Gasteiger charge is 2.33. The molecule has 0 saturated heterocycles. The molecule has 0 aliphatic rings. The molecule has 0 aliphatic carbocycles. The molecule has 1 aromatic rings. The van der Waals surface area contributed by atoms with Crippen molar-refractivity contribution in [3.63, 3.8) is 0 Å². The second-order valence-electron chi connectivity index (χ2n) is 3.80. The van der Waals surface area contributed by atoms with Gasteiger partial charge in [-0.05, 0) is 19.1 Å². The molecule has 1 heterocycles. The first-order valence-electron chi connectivity index (χ1n) is 4.24. The van der Waals surface area contributed by atoms with Gasteiger partial charge in [-0.3, -0.25) is 4.79 Å². The Morgan fingerprint density at radius 3 is 2.46 bits per heavy atom. The molecule has 0 amide bonds. The lowest BCUT2D eigenvalue weighted by Crippen LogP contribution is -2.40. The molecule has 0 spiro atoms. The van der Waals surface area contributed by atoms with Crippen LogP contribution in [0, 0.1) is 5.92 Å². The summed E-state index contributed by atoms with van der Waals surface area (Å²) in [6.07, 6.45) is 1.33. The minimum absolute atomic E-state index is 0.0269. The summed E-state index contributed by atoms with van der Waals surface area (Å²) in [5, 5.41) is 11.2. The molecule has 0 fully saturated rings. The Kier molecular flexibility index (Phi) is 2.45. The van der Waals surface area contributed by atoms with Gasteiger partial charge in [0.1, 0.15) is 5.54 Å². The Morgan fingerprint density at radius 2 is 2.08 bits per heavy atom. The summed E-state index contributed by atoms with van der Waals surface area (Å²) in [6, 6.07) is 0. The van der Waals surface area contributed by atoms with Gasteiger partial charge < -0.3 is 0 Å². The molecule has 0 atom stereocenters. The summed E-state index contributed by atoms with van der Waals surface area (Å²) < 4.78 is 0. The van der Waals surface area contributed by atoms with Gasteiger partial charge in [0.25, 0.3) is 0 Å². The lowest BCUT2D eigenvalue weighted by molar-refractivity contribution is -0.130. The van der Waals surface area contributed by atoms with E-state index in [2.05, 4.69) is 15.4 Å². The van der Waals surface area contributed by atoms with E-state index in [1.54, 1.807) is 13.8 Å². The molecule has 5 heteroatoms. The highest BCUT2D eigenvalue weighted by atomic mass is 16.1. The van der Waals surface area contributed by atoms with Crippen LogP contribution in [0.1, 0.15) is 27.7 Å². The largest absolute Gasteiger partial charge is 0.297 e. The predicted molar refractivity (Wildman–Crippen MR) is 47.0 cm³/mol. The monoisotopic (exact) mass is 182 g/mol. The number of hydrogen-bond donors (Lipinski definition) is 0. The molecule has 0 bridgehead atoms. The van der Waals surface area contributed by atoms with Crippen LogP contribution in [0.15, 0.2) is 6.33 Å². The number of rotatable bonds is 3. The fourth-order valence-electron chi connectivity index (χ4n) is 1.23. The predicted octanol–water partition coefficient (Wildman–Crippen LogP) is 0.633. The Morgan fingerprint density at radius 1 is 1.46 bits per heavy atom. The van der Waals surface area contributed by atoms with Crippen molar-refractivity contribution >= 4 is 5.78 Å². The van der Waals surface area contributed by atoms with Crippen molar-refractivity contribution in [3.8, 4) is 0 Å². The molecule has 1 aromatic heterocycles. The standard InChI is InChI=1S/C8H14N4O/c1-6(2)7(13)8(3,4)12-10-5-9-11-12/h5-6H,1-4H3. The number of hydrogen-bond acceptors (Lipinski definition) is 4. The van der Waals surface area contributed by atoms with E-state index in [1.165, 1.54) is 11.1 Å². The summed E-state index contributed by atoms with van der Waals surface area (Å²) in [7, 11) is 0. The summed E-state index contributed by atoms with van der Waals surface area (Å²) >= 11 is 0. The lowest BCUT2D eigenvalue weighted by atomic mass is 9.92. The molecule has 13 heavy (non-hydrogen) atoms. The minimum Gasteiger partial charge on any atom is -0.297 e. The first-order valence-corrected chi connectivity index (χ1v) is 4.24. The Bertz CT molecular complexity index is 289. The Balaban J connectivity index is 2.95. The van der Waals surface area contributed by atoms with Crippen LogP contribution in [0.25, 0.3) is 0 Å². The number of carbonyl (C=O) groups excluding carboxylic acids is 1. The zero-order valence-corrected chi connectivity index (χ0v) is 8.35. The molecule has 0 radical (unpaired) electrons. The molecule has 0 unspecified atom stereocenters. The number of aromatic nitrogens is 4. The number of carbonyl (C=O) groups is 1. The van der Waals surface area contributed by atoms with Crippen LogP contribution in [-0.4, -0.2) is 26.0 Å². The third kappa shape index (κ3) is 1.74. The quantitative estimate of drug-likeness (QED) is 0.688. The maximum atomic E-state index is 11.7. The average molecular weight is 182 g/mol. The maximum absolute atomic E-state index is 11.7. The molecule has 72 valence electrons. The second-order valence-corrected chi connectivity index (χ2v) is 3.80. The zero-order chi connectivity index (χ0) is 10.1. The summed E-state index contributed by atoms with van der Waals surface area (Å²) in [6.45, 7) is 7.30. The van der Waals surface area contributed by atoms with Crippen molar-refractivity contribution in [1.82, 2.24) is 20.2 Å². The van der Waals surface area contributed by atoms with Crippen molar-refractivity contribution in [2.75, 3.05) is 0 Å². The lowest BCUT2D eigenvalue weighted by Gasteiger charge is -2.23. The first-order chi connectivity index (χ1) is 5.96. The van der Waals surface area contributed by atoms with Gasteiger partial charge in [-0.15, -0.1) is 10.2 Å². The van der Waals surface area contributed by atoms with Gasteiger partial charge in [-0.2, -0.15) is 4.80 Å². The van der Waals surface area contributed by atoms with Crippen LogP contribution in [0.5, 0.6) is 0 Å². The van der Waals surface area contributed by atoms with E-state index in [0.29, 0.717) is 0 Å². The summed E-state index contributed by atoms with van der Waals surface area (Å²) in [5.41, 5.74) is -0.704. The third-order valence-electron chi connectivity index (χ3n) is 1.98. The molecule has 0 N–H and O–H groups in total. The minimum atomic E-state index is -0.704. The van der Waals surface area contributed by atoms with E-state index in [4.69, 9.17) is 0 Å². The van der Waals surface area contributed by atoms with Crippen LogP contribution < -0.4 is 0 Å². The number of Topliss-reactive ketones (excluding diaryl/α,β-unsaturated/α-hetero) is 1. The third-order valence-corrected chi connectivity index (χ3v) is 1.98. The van der Waals surface area contributed by atoms with Crippen molar-refractivity contribution in [3.05, 3.63) is 6.33 Å². The normalized spacial score (nSPS) is 12.1. The zero-order valence-electron chi connectivity index (χ0n) is 8.35. The van der Waals surface area contributed by atoms with E-state index in [-0.39, 0.29) is 11.7 Å². The smallest absolute Gasteiger partial charge is 0.164 e. The molecule has 5 nitrogen and oxygen atoms in total. The Hall–Kier alpha value is -1.26. The van der Waals surface area contributed by atoms with Crippen LogP contribution in [0.3, 0.4) is 0 Å². The average Bonchev–Trinajstić information content (AvgIpc) is 2.54. The number of ketones is 1. The van der Waals surface area contributed by atoms with Gasteiger partial charge in [0.2, 0.25) is 0 Å².